The Morgan fingerprint density at radius 2 is 1.68 bits per heavy atom. The van der Waals surface area contributed by atoms with E-state index in [0.717, 1.165) is 19.3 Å². The van der Waals surface area contributed by atoms with Crippen molar-refractivity contribution in [2.75, 3.05) is 6.61 Å². The molecule has 0 aromatic heterocycles. The molecule has 1 aliphatic carbocycles. The van der Waals surface area contributed by atoms with E-state index >= 15 is 0 Å². The second-order valence-electron chi connectivity index (χ2n) is 6.60. The van der Waals surface area contributed by atoms with E-state index in [1.807, 2.05) is 0 Å². The van der Waals surface area contributed by atoms with Crippen molar-refractivity contribution >= 4 is 11.8 Å². The number of Topliss-reactive ketones (excluding diaryl/α,β-unsaturated/α-hetero) is 1. The van der Waals surface area contributed by atoms with Crippen molar-refractivity contribution in [1.82, 2.24) is 0 Å². The van der Waals surface area contributed by atoms with Gasteiger partial charge in [-0.25, -0.2) is 0 Å². The molecule has 0 bridgehead atoms. The summed E-state index contributed by atoms with van der Waals surface area (Å²) in [5.74, 6) is -0.140. The number of fused-ring (bicyclic) bond motifs is 2. The first-order valence-electron chi connectivity index (χ1n) is 8.99. The fourth-order valence-corrected chi connectivity index (χ4v) is 3.66. The largest absolute Gasteiger partial charge is 0.466 e. The van der Waals surface area contributed by atoms with Crippen LogP contribution in [0, 0.1) is 0 Å². The number of ether oxygens (including phenoxy) is 1. The van der Waals surface area contributed by atoms with E-state index in [-0.39, 0.29) is 12.2 Å². The zero-order chi connectivity index (χ0) is 17.6. The molecule has 0 N–H and O–H groups in total. The summed E-state index contributed by atoms with van der Waals surface area (Å²) in [6.07, 6.45) is 2.96. The number of benzene rings is 2. The van der Waals surface area contributed by atoms with Crippen LogP contribution in [0.1, 0.15) is 54.4 Å². The van der Waals surface area contributed by atoms with Crippen molar-refractivity contribution in [2.24, 2.45) is 0 Å². The zero-order valence-electron chi connectivity index (χ0n) is 14.7. The number of esters is 1. The minimum absolute atomic E-state index is 0.0338. The Morgan fingerprint density at radius 3 is 2.44 bits per heavy atom. The highest BCUT2D eigenvalue weighted by Gasteiger charge is 2.22. The molecule has 0 heterocycles. The normalized spacial score (nSPS) is 15.6. The van der Waals surface area contributed by atoms with Crippen molar-refractivity contribution in [3.63, 3.8) is 0 Å². The molecule has 0 saturated heterocycles. The third-order valence-corrected chi connectivity index (χ3v) is 4.88. The summed E-state index contributed by atoms with van der Waals surface area (Å²) in [7, 11) is 0. The number of rotatable bonds is 6. The molecule has 0 unspecified atom stereocenters. The van der Waals surface area contributed by atoms with Gasteiger partial charge in [-0.15, -0.1) is 0 Å². The standard InChI is InChI=1S/C22H24O3/c1-2-25-22(24)15-20(23)12-11-19-14-17-8-4-3-7-16(17)13-18-9-5-6-10-21(18)19/h3-10,19H,2,11-15H2,1H3/t19-/m0/s1. The van der Waals surface area contributed by atoms with E-state index < -0.39 is 5.97 Å². The molecule has 0 spiro atoms. The van der Waals surface area contributed by atoms with Crippen molar-refractivity contribution in [3.05, 3.63) is 70.8 Å². The monoisotopic (exact) mass is 336 g/mol. The van der Waals surface area contributed by atoms with Crippen LogP contribution < -0.4 is 0 Å². The molecule has 1 atom stereocenters. The summed E-state index contributed by atoms with van der Waals surface area (Å²) in [5.41, 5.74) is 5.41. The molecule has 0 aliphatic heterocycles. The fourth-order valence-electron chi connectivity index (χ4n) is 3.66. The highest BCUT2D eigenvalue weighted by Crippen LogP contribution is 2.34. The van der Waals surface area contributed by atoms with Crippen molar-refractivity contribution in [2.45, 2.75) is 44.9 Å². The highest BCUT2D eigenvalue weighted by atomic mass is 16.5. The Labute approximate surface area is 149 Å². The SMILES string of the molecule is CCOC(=O)CC(=O)CC[C@H]1Cc2ccccc2Cc2ccccc21. The summed E-state index contributed by atoms with van der Waals surface area (Å²) >= 11 is 0. The van der Waals surface area contributed by atoms with Gasteiger partial charge < -0.3 is 4.74 Å². The molecule has 1 aliphatic rings. The van der Waals surface area contributed by atoms with Gasteiger partial charge in [0.1, 0.15) is 12.2 Å². The average molecular weight is 336 g/mol. The maximum Gasteiger partial charge on any atom is 0.313 e. The van der Waals surface area contributed by atoms with Crippen LogP contribution in [0.25, 0.3) is 0 Å². The molecule has 0 saturated carbocycles. The van der Waals surface area contributed by atoms with E-state index in [4.69, 9.17) is 4.74 Å². The lowest BCUT2D eigenvalue weighted by Crippen LogP contribution is -2.13. The van der Waals surface area contributed by atoms with Gasteiger partial charge in [0, 0.05) is 6.42 Å². The van der Waals surface area contributed by atoms with Crippen molar-refractivity contribution in [3.8, 4) is 0 Å². The molecule has 25 heavy (non-hydrogen) atoms. The van der Waals surface area contributed by atoms with Gasteiger partial charge in [0.05, 0.1) is 6.61 Å². The Hall–Kier alpha value is -2.42. The van der Waals surface area contributed by atoms with Gasteiger partial charge in [-0.3, -0.25) is 9.59 Å². The topological polar surface area (TPSA) is 43.4 Å². The second kappa shape index (κ2) is 8.11. The molecule has 130 valence electrons. The number of hydrogen-bond acceptors (Lipinski definition) is 3. The van der Waals surface area contributed by atoms with Crippen LogP contribution in [0.15, 0.2) is 48.5 Å². The molecular weight excluding hydrogens is 312 g/mol. The second-order valence-corrected chi connectivity index (χ2v) is 6.60. The predicted octanol–water partition coefficient (Wildman–Crippen LogP) is 4.22. The zero-order valence-corrected chi connectivity index (χ0v) is 14.7. The molecule has 3 nitrogen and oxygen atoms in total. The van der Waals surface area contributed by atoms with Crippen LogP contribution in [0.4, 0.5) is 0 Å². The van der Waals surface area contributed by atoms with Crippen LogP contribution in [-0.4, -0.2) is 18.4 Å². The van der Waals surface area contributed by atoms with Crippen LogP contribution >= 0.6 is 0 Å². The lowest BCUT2D eigenvalue weighted by atomic mass is 9.87. The minimum atomic E-state index is -0.417. The number of carbonyl (C=O) groups is 2. The van der Waals surface area contributed by atoms with Crippen LogP contribution in [0.2, 0.25) is 0 Å². The average Bonchev–Trinajstić information content (AvgIpc) is 2.76. The number of ketones is 1. The Morgan fingerprint density at radius 1 is 1.00 bits per heavy atom. The van der Waals surface area contributed by atoms with E-state index in [2.05, 4.69) is 48.5 Å². The summed E-state index contributed by atoms with van der Waals surface area (Å²) in [6, 6.07) is 17.1. The summed E-state index contributed by atoms with van der Waals surface area (Å²) in [6.45, 7) is 2.07. The molecule has 0 fully saturated rings. The summed E-state index contributed by atoms with van der Waals surface area (Å²) in [5, 5.41) is 0. The van der Waals surface area contributed by atoms with E-state index in [9.17, 15) is 9.59 Å². The van der Waals surface area contributed by atoms with Crippen molar-refractivity contribution in [1.29, 1.82) is 0 Å². The van der Waals surface area contributed by atoms with Gasteiger partial charge in [-0.2, -0.15) is 0 Å². The number of carbonyl (C=O) groups excluding carboxylic acids is 2. The first kappa shape index (κ1) is 17.4. The molecule has 3 heteroatoms. The van der Waals surface area contributed by atoms with Gasteiger partial charge in [-0.1, -0.05) is 48.5 Å². The Balaban J connectivity index is 1.74. The van der Waals surface area contributed by atoms with Crippen LogP contribution in [0.3, 0.4) is 0 Å². The lowest BCUT2D eigenvalue weighted by Gasteiger charge is -2.17. The predicted molar refractivity (Wildman–Crippen MR) is 97.6 cm³/mol. The van der Waals surface area contributed by atoms with Crippen molar-refractivity contribution < 1.29 is 14.3 Å². The van der Waals surface area contributed by atoms with Crippen LogP contribution in [0.5, 0.6) is 0 Å². The molecule has 2 aromatic rings. The van der Waals surface area contributed by atoms with Crippen LogP contribution in [-0.2, 0) is 27.2 Å². The molecular formula is C22H24O3. The molecule has 2 aromatic carbocycles. The quantitative estimate of drug-likeness (QED) is 0.586. The Kier molecular flexibility index (Phi) is 5.64. The maximum absolute atomic E-state index is 12.1. The minimum Gasteiger partial charge on any atom is -0.466 e. The number of hydrogen-bond donors (Lipinski definition) is 0. The maximum atomic E-state index is 12.1. The van der Waals surface area contributed by atoms with E-state index in [1.54, 1.807) is 6.92 Å². The van der Waals surface area contributed by atoms with Gasteiger partial charge >= 0.3 is 5.97 Å². The first-order chi connectivity index (χ1) is 12.2. The summed E-state index contributed by atoms with van der Waals surface area (Å²) in [4.78, 5) is 23.6. The van der Waals surface area contributed by atoms with Gasteiger partial charge in [0.25, 0.3) is 0 Å². The molecule has 0 radical (unpaired) electrons. The van der Waals surface area contributed by atoms with E-state index in [1.165, 1.54) is 22.3 Å². The third kappa shape index (κ3) is 4.36. The first-order valence-corrected chi connectivity index (χ1v) is 8.99. The molecule has 3 rings (SSSR count). The smallest absolute Gasteiger partial charge is 0.313 e. The Bertz CT molecular complexity index is 763. The summed E-state index contributed by atoms with van der Waals surface area (Å²) < 4.78 is 4.87. The lowest BCUT2D eigenvalue weighted by molar-refractivity contribution is -0.145. The highest BCUT2D eigenvalue weighted by molar-refractivity contribution is 5.95. The van der Waals surface area contributed by atoms with Gasteiger partial charge in [-0.05, 0) is 54.4 Å². The fraction of sp³-hybridized carbons (Fsp3) is 0.364. The van der Waals surface area contributed by atoms with E-state index in [0.29, 0.717) is 18.9 Å². The van der Waals surface area contributed by atoms with Gasteiger partial charge in [0.2, 0.25) is 0 Å². The third-order valence-electron chi connectivity index (χ3n) is 4.88. The molecule has 0 amide bonds. The van der Waals surface area contributed by atoms with Gasteiger partial charge in [0.15, 0.2) is 0 Å².